The van der Waals surface area contributed by atoms with Crippen LogP contribution in [0.5, 0.6) is 5.75 Å². The van der Waals surface area contributed by atoms with E-state index in [1.807, 2.05) is 38.1 Å². The molecule has 0 spiro atoms. The maximum Gasteiger partial charge on any atom is 0.325 e. The second-order valence-corrected chi connectivity index (χ2v) is 6.69. The van der Waals surface area contributed by atoms with Crippen molar-refractivity contribution in [1.82, 2.24) is 10.2 Å². The summed E-state index contributed by atoms with van der Waals surface area (Å²) < 4.78 is 5.35. The number of benzene rings is 2. The lowest BCUT2D eigenvalue weighted by atomic mass is 9.91. The molecule has 1 heterocycles. The van der Waals surface area contributed by atoms with Gasteiger partial charge in [0.25, 0.3) is 5.91 Å². The second kappa shape index (κ2) is 7.23. The molecule has 1 saturated heterocycles. The van der Waals surface area contributed by atoms with Crippen LogP contribution in [0.2, 0.25) is 0 Å². The van der Waals surface area contributed by atoms with E-state index in [0.717, 1.165) is 10.5 Å². The topological polar surface area (TPSA) is 75.7 Å². The molecule has 6 heteroatoms. The molecule has 2 aromatic rings. The average molecular weight is 366 g/mol. The molecule has 3 rings (SSSR count). The first-order valence-electron chi connectivity index (χ1n) is 8.82. The Balaban J connectivity index is 1.77. The fraction of sp³-hybridized carbons (Fsp3) is 0.286. The van der Waals surface area contributed by atoms with Crippen LogP contribution >= 0.6 is 0 Å². The highest BCUT2D eigenvalue weighted by Gasteiger charge is 2.49. The van der Waals surface area contributed by atoms with E-state index < -0.39 is 17.5 Å². The molecular formula is C21H22N2O4. The minimum atomic E-state index is -1.18. The summed E-state index contributed by atoms with van der Waals surface area (Å²) in [5.74, 6) is -0.0821. The average Bonchev–Trinajstić information content (AvgIpc) is 2.87. The quantitative estimate of drug-likeness (QED) is 0.630. The Kier molecular flexibility index (Phi) is 4.99. The summed E-state index contributed by atoms with van der Waals surface area (Å²) in [7, 11) is 0. The molecule has 0 unspecified atom stereocenters. The summed E-state index contributed by atoms with van der Waals surface area (Å²) in [5, 5.41) is 2.71. The fourth-order valence-electron chi connectivity index (χ4n) is 3.06. The van der Waals surface area contributed by atoms with Crippen molar-refractivity contribution in [3.63, 3.8) is 0 Å². The molecule has 1 aliphatic rings. The number of rotatable bonds is 6. The number of Topliss-reactive ketones (excluding diaryl/α,β-unsaturated/α-hetero) is 1. The lowest BCUT2D eigenvalue weighted by Crippen LogP contribution is -2.41. The summed E-state index contributed by atoms with van der Waals surface area (Å²) in [4.78, 5) is 38.8. The number of carbonyl (C=O) groups excluding carboxylic acids is 3. The van der Waals surface area contributed by atoms with Crippen LogP contribution in [0.25, 0.3) is 0 Å². The SMILES string of the molecule is CCOc1ccc(C(=O)CN2C(=O)N[C@](C)(c3ccc(C)cc3)C2=O)cc1. The third kappa shape index (κ3) is 3.56. The number of carbonyl (C=O) groups is 3. The van der Waals surface area contributed by atoms with Gasteiger partial charge in [0.2, 0.25) is 0 Å². The van der Waals surface area contributed by atoms with E-state index >= 15 is 0 Å². The number of ketones is 1. The van der Waals surface area contributed by atoms with Gasteiger partial charge >= 0.3 is 6.03 Å². The fourth-order valence-corrected chi connectivity index (χ4v) is 3.06. The zero-order valence-corrected chi connectivity index (χ0v) is 15.6. The molecule has 1 atom stereocenters. The van der Waals surface area contributed by atoms with Crippen LogP contribution in [0.3, 0.4) is 0 Å². The summed E-state index contributed by atoms with van der Waals surface area (Å²) >= 11 is 0. The van der Waals surface area contributed by atoms with E-state index in [1.165, 1.54) is 0 Å². The Morgan fingerprint density at radius 3 is 2.30 bits per heavy atom. The second-order valence-electron chi connectivity index (χ2n) is 6.69. The molecule has 0 radical (unpaired) electrons. The van der Waals surface area contributed by atoms with Crippen LogP contribution in [-0.4, -0.2) is 35.8 Å². The number of aryl methyl sites for hydroxylation is 1. The van der Waals surface area contributed by atoms with Crippen molar-refractivity contribution in [1.29, 1.82) is 0 Å². The van der Waals surface area contributed by atoms with Gasteiger partial charge in [-0.15, -0.1) is 0 Å². The van der Waals surface area contributed by atoms with Gasteiger partial charge in [0.05, 0.1) is 13.2 Å². The van der Waals surface area contributed by atoms with Crippen molar-refractivity contribution in [3.8, 4) is 5.75 Å². The molecule has 0 saturated carbocycles. The first-order valence-corrected chi connectivity index (χ1v) is 8.82. The van der Waals surface area contributed by atoms with Crippen LogP contribution in [-0.2, 0) is 10.3 Å². The number of amides is 3. The smallest absolute Gasteiger partial charge is 0.325 e. The van der Waals surface area contributed by atoms with Crippen molar-refractivity contribution in [2.24, 2.45) is 0 Å². The van der Waals surface area contributed by atoms with Gasteiger partial charge in [-0.05, 0) is 50.6 Å². The molecule has 27 heavy (non-hydrogen) atoms. The molecule has 1 N–H and O–H groups in total. The number of urea groups is 1. The summed E-state index contributed by atoms with van der Waals surface area (Å²) in [5.41, 5.74) is 0.983. The van der Waals surface area contributed by atoms with Gasteiger partial charge < -0.3 is 10.1 Å². The van der Waals surface area contributed by atoms with Crippen LogP contribution in [0.15, 0.2) is 48.5 Å². The maximum absolute atomic E-state index is 12.9. The predicted octanol–water partition coefficient (Wildman–Crippen LogP) is 3.04. The maximum atomic E-state index is 12.9. The highest BCUT2D eigenvalue weighted by Crippen LogP contribution is 2.29. The number of nitrogens with zero attached hydrogens (tertiary/aromatic N) is 1. The number of ether oxygens (including phenoxy) is 1. The van der Waals surface area contributed by atoms with Crippen molar-refractivity contribution >= 4 is 17.7 Å². The van der Waals surface area contributed by atoms with E-state index in [-0.39, 0.29) is 12.3 Å². The van der Waals surface area contributed by atoms with Crippen molar-refractivity contribution < 1.29 is 19.1 Å². The van der Waals surface area contributed by atoms with Gasteiger partial charge in [-0.1, -0.05) is 29.8 Å². The predicted molar refractivity (Wildman–Crippen MR) is 101 cm³/mol. The van der Waals surface area contributed by atoms with E-state index in [1.54, 1.807) is 31.2 Å². The van der Waals surface area contributed by atoms with E-state index in [4.69, 9.17) is 4.74 Å². The van der Waals surface area contributed by atoms with Crippen LogP contribution in [0.4, 0.5) is 4.79 Å². The molecule has 0 bridgehead atoms. The zero-order chi connectivity index (χ0) is 19.6. The third-order valence-corrected chi connectivity index (χ3v) is 4.69. The number of nitrogens with one attached hydrogen (secondary N) is 1. The van der Waals surface area contributed by atoms with Gasteiger partial charge in [-0.2, -0.15) is 0 Å². The minimum absolute atomic E-state index is 0.305. The van der Waals surface area contributed by atoms with E-state index in [0.29, 0.717) is 23.5 Å². The van der Waals surface area contributed by atoms with E-state index in [2.05, 4.69) is 5.32 Å². The first-order chi connectivity index (χ1) is 12.8. The number of hydrogen-bond donors (Lipinski definition) is 1. The van der Waals surface area contributed by atoms with E-state index in [9.17, 15) is 14.4 Å². The molecule has 140 valence electrons. The van der Waals surface area contributed by atoms with Gasteiger partial charge in [-0.25, -0.2) is 4.79 Å². The summed E-state index contributed by atoms with van der Waals surface area (Å²) in [6, 6.07) is 13.5. The molecule has 1 fully saturated rings. The monoisotopic (exact) mass is 366 g/mol. The van der Waals surface area contributed by atoms with Gasteiger partial charge in [0, 0.05) is 5.56 Å². The lowest BCUT2D eigenvalue weighted by molar-refractivity contribution is -0.130. The zero-order valence-electron chi connectivity index (χ0n) is 15.6. The number of hydrogen-bond acceptors (Lipinski definition) is 4. The van der Waals surface area contributed by atoms with Crippen molar-refractivity contribution in [3.05, 3.63) is 65.2 Å². The largest absolute Gasteiger partial charge is 0.494 e. The molecular weight excluding hydrogens is 344 g/mol. The molecule has 2 aromatic carbocycles. The van der Waals surface area contributed by atoms with Gasteiger partial charge in [0.15, 0.2) is 5.78 Å². The summed E-state index contributed by atoms with van der Waals surface area (Å²) in [6.45, 7) is 5.71. The standard InChI is InChI=1S/C21H22N2O4/c1-4-27-17-11-7-15(8-12-17)18(24)13-23-19(25)21(3,22-20(23)26)16-9-5-14(2)6-10-16/h5-12H,4,13H2,1-3H3,(H,22,26)/t21-/m1/s1. The Bertz CT molecular complexity index is 874. The minimum Gasteiger partial charge on any atom is -0.494 e. The Morgan fingerprint density at radius 2 is 1.70 bits per heavy atom. The molecule has 3 amide bonds. The normalized spacial score (nSPS) is 19.1. The lowest BCUT2D eigenvalue weighted by Gasteiger charge is -2.22. The van der Waals surface area contributed by atoms with Gasteiger partial charge in [0.1, 0.15) is 11.3 Å². The third-order valence-electron chi connectivity index (χ3n) is 4.69. The Labute approximate surface area is 158 Å². The highest BCUT2D eigenvalue weighted by atomic mass is 16.5. The highest BCUT2D eigenvalue weighted by molar-refractivity contribution is 6.11. The van der Waals surface area contributed by atoms with Crippen LogP contribution < -0.4 is 10.1 Å². The van der Waals surface area contributed by atoms with Crippen LogP contribution in [0.1, 0.15) is 35.3 Å². The number of imide groups is 1. The van der Waals surface area contributed by atoms with Crippen LogP contribution in [0, 0.1) is 6.92 Å². The summed E-state index contributed by atoms with van der Waals surface area (Å²) in [6.07, 6.45) is 0. The Morgan fingerprint density at radius 1 is 1.07 bits per heavy atom. The van der Waals surface area contributed by atoms with Crippen molar-refractivity contribution in [2.75, 3.05) is 13.2 Å². The molecule has 6 nitrogen and oxygen atoms in total. The molecule has 0 aliphatic carbocycles. The van der Waals surface area contributed by atoms with Gasteiger partial charge in [-0.3, -0.25) is 14.5 Å². The van der Waals surface area contributed by atoms with Crippen molar-refractivity contribution in [2.45, 2.75) is 26.3 Å². The molecule has 0 aromatic heterocycles. The first kappa shape index (κ1) is 18.6. The molecule has 1 aliphatic heterocycles. The Hall–Kier alpha value is -3.15.